The van der Waals surface area contributed by atoms with E-state index in [2.05, 4.69) is 22.0 Å². The van der Waals surface area contributed by atoms with E-state index in [1.54, 1.807) is 13.0 Å². The Balaban J connectivity index is 1.96. The van der Waals surface area contributed by atoms with Crippen LogP contribution >= 0.6 is 11.6 Å². The molecule has 1 aliphatic heterocycles. The number of carbonyl (C=O) groups is 1. The summed E-state index contributed by atoms with van der Waals surface area (Å²) in [6.45, 7) is 12.2. The maximum absolute atomic E-state index is 12.6. The molecule has 1 saturated heterocycles. The number of amides is 1. The summed E-state index contributed by atoms with van der Waals surface area (Å²) in [6.07, 6.45) is 5.73. The molecule has 1 aromatic carbocycles. The van der Waals surface area contributed by atoms with Gasteiger partial charge in [0.2, 0.25) is 5.76 Å². The molecule has 2 heterocycles. The van der Waals surface area contributed by atoms with E-state index in [4.69, 9.17) is 20.9 Å². The molecule has 33 heavy (non-hydrogen) atoms. The lowest BCUT2D eigenvalue weighted by Gasteiger charge is -2.26. The van der Waals surface area contributed by atoms with Gasteiger partial charge in [-0.25, -0.2) is 0 Å². The van der Waals surface area contributed by atoms with Gasteiger partial charge < -0.3 is 24.8 Å². The average molecular weight is 474 g/mol. The maximum Gasteiger partial charge on any atom is 0.290 e. The van der Waals surface area contributed by atoms with Crippen LogP contribution in [0.1, 0.15) is 30.0 Å². The number of allylic oxidation sites excluding steroid dienone is 3. The molecule has 1 fully saturated rings. The van der Waals surface area contributed by atoms with Crippen LogP contribution in [0.25, 0.3) is 16.8 Å². The number of aromatic hydroxyl groups is 2. The minimum atomic E-state index is -0.454. The van der Waals surface area contributed by atoms with Crippen LogP contribution < -0.4 is 5.32 Å². The van der Waals surface area contributed by atoms with Crippen LogP contribution in [0, 0.1) is 0 Å². The van der Waals surface area contributed by atoms with Gasteiger partial charge >= 0.3 is 0 Å². The highest BCUT2D eigenvalue weighted by molar-refractivity contribution is 6.32. The third kappa shape index (κ3) is 5.84. The Bertz CT molecular complexity index is 1080. The van der Waals surface area contributed by atoms with Crippen molar-refractivity contribution < 1.29 is 24.3 Å². The number of hydrogen-bond donors (Lipinski definition) is 3. The molecule has 176 valence electrons. The van der Waals surface area contributed by atoms with Gasteiger partial charge in [-0.3, -0.25) is 9.69 Å². The lowest BCUT2D eigenvalue weighted by atomic mass is 9.98. The van der Waals surface area contributed by atoms with Crippen molar-refractivity contribution in [1.29, 1.82) is 0 Å². The van der Waals surface area contributed by atoms with Gasteiger partial charge in [0.1, 0.15) is 17.2 Å². The van der Waals surface area contributed by atoms with E-state index in [1.807, 2.05) is 19.1 Å². The number of phenols is 2. The number of carbonyl (C=O) groups excluding carboxylic acids is 1. The first-order chi connectivity index (χ1) is 15.8. The van der Waals surface area contributed by atoms with Gasteiger partial charge in [-0.2, -0.15) is 0 Å². The van der Waals surface area contributed by atoms with E-state index in [1.165, 1.54) is 6.07 Å². The predicted molar refractivity (Wildman–Crippen MR) is 127 cm³/mol. The largest absolute Gasteiger partial charge is 0.507 e. The molecule has 1 amide bonds. The molecule has 1 aromatic heterocycles. The zero-order valence-corrected chi connectivity index (χ0v) is 19.5. The van der Waals surface area contributed by atoms with Crippen molar-refractivity contribution in [2.75, 3.05) is 39.4 Å². The minimum Gasteiger partial charge on any atom is -0.507 e. The van der Waals surface area contributed by atoms with Gasteiger partial charge in [0.25, 0.3) is 5.91 Å². The maximum atomic E-state index is 12.6. The first-order valence-corrected chi connectivity index (χ1v) is 11.1. The molecule has 1 aliphatic rings. The monoisotopic (exact) mass is 473 g/mol. The fourth-order valence-corrected chi connectivity index (χ4v) is 3.62. The highest BCUT2D eigenvalue weighted by atomic mass is 35.5. The molecule has 8 nitrogen and oxygen atoms in total. The smallest absolute Gasteiger partial charge is 0.290 e. The zero-order chi connectivity index (χ0) is 24.0. The topological polar surface area (TPSA) is 108 Å². The van der Waals surface area contributed by atoms with Crippen LogP contribution in [0.3, 0.4) is 0 Å². The third-order valence-electron chi connectivity index (χ3n) is 5.26. The SMILES string of the molecule is C=C(/C=C\C(=C/C)CN1CCOCC1)c1c(-c2cc(Cl)c(O)cc2O)noc1C(=O)NCC. The number of benzene rings is 1. The quantitative estimate of drug-likeness (QED) is 0.497. The second kappa shape index (κ2) is 11.2. The molecule has 0 bridgehead atoms. The summed E-state index contributed by atoms with van der Waals surface area (Å²) in [7, 11) is 0. The summed E-state index contributed by atoms with van der Waals surface area (Å²) in [5.74, 6) is -1.01. The molecule has 0 spiro atoms. The minimum absolute atomic E-state index is 0.0270. The van der Waals surface area contributed by atoms with Gasteiger partial charge in [0.05, 0.1) is 23.8 Å². The molecule has 0 aliphatic carbocycles. The van der Waals surface area contributed by atoms with E-state index in [9.17, 15) is 15.0 Å². The Morgan fingerprint density at radius 1 is 1.27 bits per heavy atom. The standard InChI is InChI=1S/C24H28ClN3O5/c1-4-16(14-28-8-10-32-11-9-28)7-6-15(3)21-22(27-33-23(21)24(31)26-5-2)17-12-18(25)20(30)13-19(17)29/h4,6-7,12-13,29-30H,3,5,8-11,14H2,1-2H3,(H,26,31)/b7-6-,16-4+. The number of rotatable bonds is 8. The molecule has 3 rings (SSSR count). The van der Waals surface area contributed by atoms with Gasteiger partial charge in [0, 0.05) is 37.8 Å². The average Bonchev–Trinajstić information content (AvgIpc) is 3.24. The molecule has 0 radical (unpaired) electrons. The molecule has 0 unspecified atom stereocenters. The molecule has 3 N–H and O–H groups in total. The Hall–Kier alpha value is -3.07. The zero-order valence-electron chi connectivity index (χ0n) is 18.7. The van der Waals surface area contributed by atoms with Crippen LogP contribution in [-0.4, -0.2) is 65.6 Å². The van der Waals surface area contributed by atoms with Crippen molar-refractivity contribution in [3.05, 3.63) is 58.9 Å². The predicted octanol–water partition coefficient (Wildman–Crippen LogP) is 4.00. The summed E-state index contributed by atoms with van der Waals surface area (Å²) in [5.41, 5.74) is 2.28. The van der Waals surface area contributed by atoms with Crippen LogP contribution in [0.2, 0.25) is 5.02 Å². The first-order valence-electron chi connectivity index (χ1n) is 10.7. The lowest BCUT2D eigenvalue weighted by Crippen LogP contribution is -2.37. The molecular weight excluding hydrogens is 446 g/mol. The fraction of sp³-hybridized carbons (Fsp3) is 0.333. The van der Waals surface area contributed by atoms with Crippen LogP contribution in [0.4, 0.5) is 0 Å². The summed E-state index contributed by atoms with van der Waals surface area (Å²) in [4.78, 5) is 14.9. The number of aromatic nitrogens is 1. The number of morpholine rings is 1. The Kier molecular flexibility index (Phi) is 8.32. The van der Waals surface area contributed by atoms with Crippen LogP contribution in [0.15, 0.2) is 47.0 Å². The highest BCUT2D eigenvalue weighted by Crippen LogP contribution is 2.40. The Morgan fingerprint density at radius 3 is 2.67 bits per heavy atom. The summed E-state index contributed by atoms with van der Waals surface area (Å²) in [6, 6.07) is 2.47. The number of halogens is 1. The summed E-state index contributed by atoms with van der Waals surface area (Å²) >= 11 is 6.04. The Morgan fingerprint density at radius 2 is 2.00 bits per heavy atom. The van der Waals surface area contributed by atoms with Gasteiger partial charge in [-0.05, 0) is 31.1 Å². The second-order valence-electron chi connectivity index (χ2n) is 7.53. The fourth-order valence-electron chi connectivity index (χ4n) is 3.46. The lowest BCUT2D eigenvalue weighted by molar-refractivity contribution is 0.0426. The van der Waals surface area contributed by atoms with E-state index in [0.29, 0.717) is 30.9 Å². The Labute approximate surface area is 197 Å². The van der Waals surface area contributed by atoms with Crippen molar-refractivity contribution >= 4 is 23.1 Å². The first kappa shape index (κ1) is 24.6. The van der Waals surface area contributed by atoms with Gasteiger partial charge in [-0.15, -0.1) is 0 Å². The van der Waals surface area contributed by atoms with Gasteiger partial charge in [-0.1, -0.05) is 41.6 Å². The number of nitrogens with one attached hydrogen (secondary N) is 1. The van der Waals surface area contributed by atoms with E-state index in [-0.39, 0.29) is 33.5 Å². The number of phenolic OH excluding ortho intramolecular Hbond substituents is 2. The molecule has 0 atom stereocenters. The van der Waals surface area contributed by atoms with E-state index >= 15 is 0 Å². The molecular formula is C24H28ClN3O5. The van der Waals surface area contributed by atoms with Crippen molar-refractivity contribution in [1.82, 2.24) is 15.4 Å². The third-order valence-corrected chi connectivity index (χ3v) is 5.56. The van der Waals surface area contributed by atoms with Crippen molar-refractivity contribution in [2.45, 2.75) is 13.8 Å². The number of hydrogen-bond acceptors (Lipinski definition) is 7. The van der Waals surface area contributed by atoms with E-state index in [0.717, 1.165) is 31.3 Å². The van der Waals surface area contributed by atoms with Crippen LogP contribution in [0.5, 0.6) is 11.5 Å². The van der Waals surface area contributed by atoms with E-state index < -0.39 is 5.91 Å². The number of nitrogens with zero attached hydrogens (tertiary/aromatic N) is 2. The normalized spacial score (nSPS) is 15.2. The van der Waals surface area contributed by atoms with Crippen LogP contribution in [-0.2, 0) is 4.74 Å². The summed E-state index contributed by atoms with van der Waals surface area (Å²) < 4.78 is 10.8. The van der Waals surface area contributed by atoms with Gasteiger partial charge in [0.15, 0.2) is 0 Å². The number of ether oxygens (including phenoxy) is 1. The summed E-state index contributed by atoms with van der Waals surface area (Å²) in [5, 5.41) is 26.9. The molecule has 9 heteroatoms. The highest BCUT2D eigenvalue weighted by Gasteiger charge is 2.26. The van der Waals surface area contributed by atoms with Crippen molar-refractivity contribution in [3.63, 3.8) is 0 Å². The molecule has 0 saturated carbocycles. The second-order valence-corrected chi connectivity index (χ2v) is 7.93. The van der Waals surface area contributed by atoms with Crippen molar-refractivity contribution in [3.8, 4) is 22.8 Å². The molecule has 2 aromatic rings. The van der Waals surface area contributed by atoms with Crippen molar-refractivity contribution in [2.24, 2.45) is 0 Å².